The van der Waals surface area contributed by atoms with Gasteiger partial charge >= 0.3 is 0 Å². The zero-order chi connectivity index (χ0) is 15.2. The first-order chi connectivity index (χ1) is 9.31. The number of carbonyl (C=O) groups excluding carboxylic acids is 1. The first kappa shape index (κ1) is 16.7. The minimum atomic E-state index is -3.10. The second-order valence-corrected chi connectivity index (χ2v) is 7.22. The molecule has 1 amide bonds. The van der Waals surface area contributed by atoms with Crippen LogP contribution in [0.4, 0.5) is 5.69 Å². The summed E-state index contributed by atoms with van der Waals surface area (Å²) in [5, 5.41) is 2.69. The Labute approximate surface area is 120 Å². The lowest BCUT2D eigenvalue weighted by Crippen LogP contribution is -2.37. The van der Waals surface area contributed by atoms with E-state index in [-0.39, 0.29) is 18.1 Å². The van der Waals surface area contributed by atoms with Crippen molar-refractivity contribution < 1.29 is 13.2 Å². The fourth-order valence-electron chi connectivity index (χ4n) is 1.75. The summed E-state index contributed by atoms with van der Waals surface area (Å²) in [5.41, 5.74) is 7.56. The van der Waals surface area contributed by atoms with Gasteiger partial charge in [0, 0.05) is 11.9 Å². The maximum Gasteiger partial charge on any atom is 0.241 e. The van der Waals surface area contributed by atoms with E-state index in [1.807, 2.05) is 24.3 Å². The van der Waals surface area contributed by atoms with Crippen LogP contribution < -0.4 is 11.1 Å². The van der Waals surface area contributed by atoms with Gasteiger partial charge in [0.25, 0.3) is 0 Å². The van der Waals surface area contributed by atoms with Gasteiger partial charge < -0.3 is 11.1 Å². The number of hydrogen-bond acceptors (Lipinski definition) is 4. The van der Waals surface area contributed by atoms with Gasteiger partial charge in [0.15, 0.2) is 0 Å². The molecule has 5 nitrogen and oxygen atoms in total. The van der Waals surface area contributed by atoms with Crippen LogP contribution in [0.2, 0.25) is 0 Å². The molecule has 0 aliphatic carbocycles. The highest BCUT2D eigenvalue weighted by Gasteiger charge is 2.16. The summed E-state index contributed by atoms with van der Waals surface area (Å²) in [6, 6.07) is 6.75. The molecule has 3 N–H and O–H groups in total. The third-order valence-electron chi connectivity index (χ3n) is 2.90. The zero-order valence-electron chi connectivity index (χ0n) is 11.9. The molecule has 0 aliphatic rings. The van der Waals surface area contributed by atoms with Crippen LogP contribution in [0.3, 0.4) is 0 Å². The molecule has 0 fully saturated rings. The quantitative estimate of drug-likeness (QED) is 0.795. The fraction of sp³-hybridized carbons (Fsp3) is 0.500. The molecule has 20 heavy (non-hydrogen) atoms. The van der Waals surface area contributed by atoms with Crippen molar-refractivity contribution in [3.63, 3.8) is 0 Å². The summed E-state index contributed by atoms with van der Waals surface area (Å²) >= 11 is 0. The molecule has 0 heterocycles. The summed E-state index contributed by atoms with van der Waals surface area (Å²) in [6.07, 6.45) is 3.33. The van der Waals surface area contributed by atoms with Crippen LogP contribution >= 0.6 is 0 Å². The average molecular weight is 298 g/mol. The van der Waals surface area contributed by atoms with Gasteiger partial charge in [-0.1, -0.05) is 25.5 Å². The molecule has 1 aromatic carbocycles. The van der Waals surface area contributed by atoms with Crippen LogP contribution in [0.1, 0.15) is 25.3 Å². The smallest absolute Gasteiger partial charge is 0.241 e. The van der Waals surface area contributed by atoms with Gasteiger partial charge in [-0.25, -0.2) is 8.42 Å². The lowest BCUT2D eigenvalue weighted by molar-refractivity contribution is -0.117. The molecule has 6 heteroatoms. The van der Waals surface area contributed by atoms with Crippen LogP contribution in [0.5, 0.6) is 0 Å². The highest BCUT2D eigenvalue weighted by atomic mass is 32.2. The standard InChI is InChI=1S/C14H22N2O3S/c1-3-4-11-5-7-12(8-6-11)16-14(17)13(15)9-10-20(2,18)19/h5-8,13H,3-4,9-10,15H2,1-2H3,(H,16,17). The number of amides is 1. The summed E-state index contributed by atoms with van der Waals surface area (Å²) in [5.74, 6) is -0.450. The normalized spacial score (nSPS) is 12.9. The number of aryl methyl sites for hydroxylation is 1. The Kier molecular flexibility index (Phi) is 6.16. The van der Waals surface area contributed by atoms with E-state index in [1.165, 1.54) is 5.56 Å². The van der Waals surface area contributed by atoms with Crippen molar-refractivity contribution in [1.82, 2.24) is 0 Å². The van der Waals surface area contributed by atoms with Crippen LogP contribution in [0.15, 0.2) is 24.3 Å². The Morgan fingerprint density at radius 2 is 1.90 bits per heavy atom. The molecule has 1 aromatic rings. The maximum atomic E-state index is 11.8. The zero-order valence-corrected chi connectivity index (χ0v) is 12.7. The van der Waals surface area contributed by atoms with Crippen molar-refractivity contribution in [1.29, 1.82) is 0 Å². The Morgan fingerprint density at radius 3 is 2.40 bits per heavy atom. The van der Waals surface area contributed by atoms with Gasteiger partial charge in [0.2, 0.25) is 5.91 Å². The summed E-state index contributed by atoms with van der Waals surface area (Å²) < 4.78 is 22.1. The predicted octanol–water partition coefficient (Wildman–Crippen LogP) is 1.34. The largest absolute Gasteiger partial charge is 0.325 e. The number of rotatable bonds is 7. The van der Waals surface area contributed by atoms with E-state index in [1.54, 1.807) is 0 Å². The number of hydrogen-bond donors (Lipinski definition) is 2. The van der Waals surface area contributed by atoms with Crippen molar-refractivity contribution in [3.8, 4) is 0 Å². The highest BCUT2D eigenvalue weighted by Crippen LogP contribution is 2.11. The monoisotopic (exact) mass is 298 g/mol. The van der Waals surface area contributed by atoms with Crippen molar-refractivity contribution in [2.24, 2.45) is 5.73 Å². The summed E-state index contributed by atoms with van der Waals surface area (Å²) in [7, 11) is -3.10. The summed E-state index contributed by atoms with van der Waals surface area (Å²) in [6.45, 7) is 2.11. The van der Waals surface area contributed by atoms with E-state index in [9.17, 15) is 13.2 Å². The van der Waals surface area contributed by atoms with E-state index in [2.05, 4.69) is 12.2 Å². The minimum Gasteiger partial charge on any atom is -0.325 e. The highest BCUT2D eigenvalue weighted by molar-refractivity contribution is 7.90. The van der Waals surface area contributed by atoms with E-state index < -0.39 is 15.9 Å². The van der Waals surface area contributed by atoms with Crippen LogP contribution in [0, 0.1) is 0 Å². The summed E-state index contributed by atoms with van der Waals surface area (Å²) in [4.78, 5) is 11.8. The van der Waals surface area contributed by atoms with Crippen molar-refractivity contribution in [2.45, 2.75) is 32.2 Å². The Hall–Kier alpha value is -1.40. The SMILES string of the molecule is CCCc1ccc(NC(=O)C(N)CCS(C)(=O)=O)cc1. The number of benzene rings is 1. The second kappa shape index (κ2) is 7.40. The van der Waals surface area contributed by atoms with Crippen LogP contribution in [0.25, 0.3) is 0 Å². The van der Waals surface area contributed by atoms with Gasteiger partial charge in [-0.2, -0.15) is 0 Å². The number of nitrogens with two attached hydrogens (primary N) is 1. The van der Waals surface area contributed by atoms with E-state index in [4.69, 9.17) is 5.73 Å². The number of nitrogens with one attached hydrogen (secondary N) is 1. The molecule has 0 saturated carbocycles. The average Bonchev–Trinajstić information content (AvgIpc) is 2.37. The molecule has 0 bridgehead atoms. The van der Waals surface area contributed by atoms with E-state index >= 15 is 0 Å². The second-order valence-electron chi connectivity index (χ2n) is 4.96. The van der Waals surface area contributed by atoms with Crippen molar-refractivity contribution in [2.75, 3.05) is 17.3 Å². The van der Waals surface area contributed by atoms with E-state index in [0.29, 0.717) is 5.69 Å². The van der Waals surface area contributed by atoms with Gasteiger partial charge in [-0.3, -0.25) is 4.79 Å². The molecule has 1 rings (SSSR count). The van der Waals surface area contributed by atoms with Gasteiger partial charge in [-0.15, -0.1) is 0 Å². The third kappa shape index (κ3) is 6.16. The first-order valence-electron chi connectivity index (χ1n) is 6.65. The molecule has 1 atom stereocenters. The molecule has 0 aliphatic heterocycles. The number of carbonyl (C=O) groups is 1. The Bertz CT molecular complexity index is 538. The Balaban J connectivity index is 2.52. The van der Waals surface area contributed by atoms with Crippen LogP contribution in [-0.2, 0) is 21.1 Å². The molecule has 1 unspecified atom stereocenters. The van der Waals surface area contributed by atoms with Gasteiger partial charge in [-0.05, 0) is 30.5 Å². The Morgan fingerprint density at radius 1 is 1.30 bits per heavy atom. The molecular weight excluding hydrogens is 276 g/mol. The first-order valence-corrected chi connectivity index (χ1v) is 8.71. The van der Waals surface area contributed by atoms with Crippen molar-refractivity contribution >= 4 is 21.4 Å². The fourth-order valence-corrected chi connectivity index (χ4v) is 2.43. The number of anilines is 1. The molecule has 0 spiro atoms. The minimum absolute atomic E-state index is 0.0863. The van der Waals surface area contributed by atoms with Crippen LogP contribution in [-0.4, -0.2) is 32.4 Å². The van der Waals surface area contributed by atoms with Crippen molar-refractivity contribution in [3.05, 3.63) is 29.8 Å². The van der Waals surface area contributed by atoms with E-state index in [0.717, 1.165) is 19.1 Å². The van der Waals surface area contributed by atoms with Gasteiger partial charge in [0.05, 0.1) is 11.8 Å². The topological polar surface area (TPSA) is 89.3 Å². The lowest BCUT2D eigenvalue weighted by Gasteiger charge is -2.12. The molecule has 0 aromatic heterocycles. The van der Waals surface area contributed by atoms with Gasteiger partial charge in [0.1, 0.15) is 9.84 Å². The lowest BCUT2D eigenvalue weighted by atomic mass is 10.1. The molecule has 0 saturated heterocycles. The molecular formula is C14H22N2O3S. The molecule has 112 valence electrons. The molecule has 0 radical (unpaired) electrons. The number of sulfone groups is 1. The maximum absolute atomic E-state index is 11.8. The third-order valence-corrected chi connectivity index (χ3v) is 3.87. The predicted molar refractivity (Wildman–Crippen MR) is 81.4 cm³/mol.